The number of hydrogen-bond donors (Lipinski definition) is 0. The summed E-state index contributed by atoms with van der Waals surface area (Å²) in [5, 5.41) is 0. The molecule has 0 saturated carbocycles. The van der Waals surface area contributed by atoms with Gasteiger partial charge in [-0.2, -0.15) is 0 Å². The molecule has 19 heavy (non-hydrogen) atoms. The van der Waals surface area contributed by atoms with E-state index < -0.39 is 0 Å². The van der Waals surface area contributed by atoms with Crippen LogP contribution in [0.4, 0.5) is 0 Å². The third-order valence-electron chi connectivity index (χ3n) is 3.20. The predicted octanol–water partition coefficient (Wildman–Crippen LogP) is 4.05. The first-order valence-electron chi connectivity index (χ1n) is 6.15. The van der Waals surface area contributed by atoms with Crippen LogP contribution in [0.5, 0.6) is 5.75 Å². The van der Waals surface area contributed by atoms with Crippen molar-refractivity contribution >= 4 is 0 Å². The average molecular weight is 253 g/mol. The first-order chi connectivity index (χ1) is 9.29. The maximum atomic E-state index is 5.29. The van der Waals surface area contributed by atoms with Crippen molar-refractivity contribution in [2.45, 2.75) is 6.92 Å². The van der Waals surface area contributed by atoms with Gasteiger partial charge in [0.25, 0.3) is 0 Å². The molecule has 0 fully saturated rings. The van der Waals surface area contributed by atoms with Gasteiger partial charge in [-0.1, -0.05) is 6.07 Å². The van der Waals surface area contributed by atoms with E-state index in [0.717, 1.165) is 22.7 Å². The number of nitrogens with zero attached hydrogens (tertiary/aromatic N) is 1. The van der Waals surface area contributed by atoms with E-state index in [-0.39, 0.29) is 0 Å². The number of rotatable bonds is 3. The lowest BCUT2D eigenvalue weighted by Gasteiger charge is -2.12. The Hall–Kier alpha value is -2.42. The summed E-state index contributed by atoms with van der Waals surface area (Å²) in [6.45, 7) is 2.09. The Bertz CT molecular complexity index is 681. The number of ether oxygens (including phenoxy) is 1. The fourth-order valence-corrected chi connectivity index (χ4v) is 2.27. The van der Waals surface area contributed by atoms with E-state index in [2.05, 4.69) is 29.7 Å². The van der Waals surface area contributed by atoms with Gasteiger partial charge in [0.15, 0.2) is 0 Å². The van der Waals surface area contributed by atoms with Crippen LogP contribution in [0.15, 0.2) is 59.4 Å². The molecule has 0 N–H and O–H groups in total. The van der Waals surface area contributed by atoms with Crippen LogP contribution in [-0.4, -0.2) is 11.7 Å². The van der Waals surface area contributed by atoms with Crippen molar-refractivity contribution in [3.05, 3.63) is 60.7 Å². The molecule has 96 valence electrons. The van der Waals surface area contributed by atoms with E-state index in [1.165, 1.54) is 5.69 Å². The molecule has 0 saturated heterocycles. The zero-order chi connectivity index (χ0) is 13.2. The topological polar surface area (TPSA) is 27.3 Å². The van der Waals surface area contributed by atoms with Gasteiger partial charge in [-0.3, -0.25) is 0 Å². The van der Waals surface area contributed by atoms with Gasteiger partial charge in [-0.05, 0) is 37.3 Å². The maximum absolute atomic E-state index is 5.29. The number of hydrogen-bond acceptors (Lipinski definition) is 2. The van der Waals surface area contributed by atoms with E-state index in [0.29, 0.717) is 0 Å². The quantitative estimate of drug-likeness (QED) is 0.704. The molecule has 3 heteroatoms. The van der Waals surface area contributed by atoms with Gasteiger partial charge >= 0.3 is 0 Å². The Balaban J connectivity index is 2.16. The van der Waals surface area contributed by atoms with Crippen molar-refractivity contribution in [2.24, 2.45) is 0 Å². The Morgan fingerprint density at radius 3 is 2.74 bits per heavy atom. The average Bonchev–Trinajstić information content (AvgIpc) is 3.07. The number of aryl methyl sites for hydroxylation is 1. The van der Waals surface area contributed by atoms with Gasteiger partial charge in [0.1, 0.15) is 5.75 Å². The Morgan fingerprint density at radius 1 is 1.11 bits per heavy atom. The number of furan rings is 1. The lowest BCUT2D eigenvalue weighted by atomic mass is 10.2. The molecule has 0 spiro atoms. The van der Waals surface area contributed by atoms with E-state index in [9.17, 15) is 0 Å². The Labute approximate surface area is 112 Å². The lowest BCUT2D eigenvalue weighted by molar-refractivity contribution is 0.414. The number of aromatic nitrogens is 1. The van der Waals surface area contributed by atoms with E-state index in [1.807, 2.05) is 24.3 Å². The largest absolute Gasteiger partial charge is 0.497 e. The molecule has 2 heterocycles. The molecule has 1 aromatic carbocycles. The second-order valence-electron chi connectivity index (χ2n) is 4.41. The van der Waals surface area contributed by atoms with Crippen LogP contribution in [0, 0.1) is 6.92 Å². The summed E-state index contributed by atoms with van der Waals surface area (Å²) in [5.41, 5.74) is 4.43. The van der Waals surface area contributed by atoms with Crippen molar-refractivity contribution < 1.29 is 9.15 Å². The zero-order valence-corrected chi connectivity index (χ0v) is 11.0. The van der Waals surface area contributed by atoms with Crippen LogP contribution >= 0.6 is 0 Å². The molecule has 0 bridgehead atoms. The molecule has 3 rings (SSSR count). The molecule has 0 radical (unpaired) electrons. The molecule has 0 atom stereocenters. The highest BCUT2D eigenvalue weighted by Gasteiger charge is 2.10. The second kappa shape index (κ2) is 4.69. The second-order valence-corrected chi connectivity index (χ2v) is 4.41. The summed E-state index contributed by atoms with van der Waals surface area (Å²) in [4.78, 5) is 0. The highest BCUT2D eigenvalue weighted by molar-refractivity contribution is 5.63. The van der Waals surface area contributed by atoms with Gasteiger partial charge < -0.3 is 13.7 Å². The minimum Gasteiger partial charge on any atom is -0.497 e. The Kier molecular flexibility index (Phi) is 2.88. The van der Waals surface area contributed by atoms with E-state index >= 15 is 0 Å². The van der Waals surface area contributed by atoms with Crippen LogP contribution in [-0.2, 0) is 0 Å². The first kappa shape index (κ1) is 11.7. The van der Waals surface area contributed by atoms with Crippen LogP contribution in [0.25, 0.3) is 16.9 Å². The fraction of sp³-hybridized carbons (Fsp3) is 0.125. The van der Waals surface area contributed by atoms with Gasteiger partial charge in [0, 0.05) is 23.0 Å². The summed E-state index contributed by atoms with van der Waals surface area (Å²) in [6.07, 6.45) is 3.44. The Morgan fingerprint density at radius 2 is 2.00 bits per heavy atom. The standard InChI is InChI=1S/C16H15NO2/c1-12-6-7-16(13-8-9-19-11-13)17(12)14-4-3-5-15(10-14)18-2/h3-11H,1-2H3. The van der Waals surface area contributed by atoms with E-state index in [1.54, 1.807) is 19.6 Å². The molecule has 0 amide bonds. The molecule has 2 aromatic heterocycles. The van der Waals surface area contributed by atoms with E-state index in [4.69, 9.17) is 9.15 Å². The maximum Gasteiger partial charge on any atom is 0.120 e. The lowest BCUT2D eigenvalue weighted by Crippen LogP contribution is -1.98. The predicted molar refractivity (Wildman–Crippen MR) is 74.8 cm³/mol. The normalized spacial score (nSPS) is 10.6. The SMILES string of the molecule is COc1cccc(-n2c(C)ccc2-c2ccoc2)c1. The molecule has 0 unspecified atom stereocenters. The molecule has 3 aromatic rings. The first-order valence-corrected chi connectivity index (χ1v) is 6.15. The van der Waals surface area contributed by atoms with Gasteiger partial charge in [0.2, 0.25) is 0 Å². The molecule has 3 nitrogen and oxygen atoms in total. The molecular weight excluding hydrogens is 238 g/mol. The monoisotopic (exact) mass is 253 g/mol. The van der Waals surface area contributed by atoms with Crippen molar-refractivity contribution in [1.82, 2.24) is 4.57 Å². The van der Waals surface area contributed by atoms with Crippen LogP contribution < -0.4 is 4.74 Å². The summed E-state index contributed by atoms with van der Waals surface area (Å²) in [7, 11) is 1.68. The minimum absolute atomic E-state index is 0.851. The van der Waals surface area contributed by atoms with Crippen molar-refractivity contribution in [2.75, 3.05) is 7.11 Å². The van der Waals surface area contributed by atoms with Crippen LogP contribution in [0.1, 0.15) is 5.69 Å². The summed E-state index contributed by atoms with van der Waals surface area (Å²) >= 11 is 0. The highest BCUT2D eigenvalue weighted by atomic mass is 16.5. The third-order valence-corrected chi connectivity index (χ3v) is 3.20. The minimum atomic E-state index is 0.851. The summed E-state index contributed by atoms with van der Waals surface area (Å²) < 4.78 is 12.7. The van der Waals surface area contributed by atoms with Crippen molar-refractivity contribution in [3.8, 4) is 22.7 Å². The van der Waals surface area contributed by atoms with Gasteiger partial charge in [-0.15, -0.1) is 0 Å². The molecule has 0 aliphatic rings. The zero-order valence-electron chi connectivity index (χ0n) is 11.0. The third kappa shape index (κ3) is 2.03. The smallest absolute Gasteiger partial charge is 0.120 e. The van der Waals surface area contributed by atoms with Crippen molar-refractivity contribution in [3.63, 3.8) is 0 Å². The summed E-state index contributed by atoms with van der Waals surface area (Å²) in [5.74, 6) is 0.851. The fourth-order valence-electron chi connectivity index (χ4n) is 2.27. The molecular formula is C16H15NO2. The number of benzene rings is 1. The van der Waals surface area contributed by atoms with Crippen LogP contribution in [0.2, 0.25) is 0 Å². The van der Waals surface area contributed by atoms with Crippen molar-refractivity contribution in [1.29, 1.82) is 0 Å². The molecule has 0 aliphatic heterocycles. The summed E-state index contributed by atoms with van der Waals surface area (Å²) in [6, 6.07) is 14.2. The number of methoxy groups -OCH3 is 1. The van der Waals surface area contributed by atoms with Gasteiger partial charge in [-0.25, -0.2) is 0 Å². The van der Waals surface area contributed by atoms with Crippen LogP contribution in [0.3, 0.4) is 0 Å². The van der Waals surface area contributed by atoms with Gasteiger partial charge in [0.05, 0.1) is 25.3 Å². The molecule has 0 aliphatic carbocycles. The highest BCUT2D eigenvalue weighted by Crippen LogP contribution is 2.28.